The fraction of sp³-hybridized carbons (Fsp3) is 0.562. The van der Waals surface area contributed by atoms with Crippen LogP contribution in [-0.2, 0) is 11.2 Å². The van der Waals surface area contributed by atoms with Crippen molar-refractivity contribution in [1.82, 2.24) is 10.2 Å². The van der Waals surface area contributed by atoms with Crippen LogP contribution >= 0.6 is 11.6 Å². The summed E-state index contributed by atoms with van der Waals surface area (Å²) in [4.78, 5) is 13.6. The summed E-state index contributed by atoms with van der Waals surface area (Å²) >= 11 is 6.04. The molecule has 2 aliphatic rings. The molecule has 1 aliphatic heterocycles. The van der Waals surface area contributed by atoms with Crippen molar-refractivity contribution in [1.29, 1.82) is 0 Å². The maximum absolute atomic E-state index is 11.7. The summed E-state index contributed by atoms with van der Waals surface area (Å²) in [5.74, 6) is 0.303. The van der Waals surface area contributed by atoms with E-state index in [0.717, 1.165) is 43.8 Å². The van der Waals surface area contributed by atoms with Crippen LogP contribution in [0.15, 0.2) is 18.2 Å². The number of benzene rings is 1. The highest BCUT2D eigenvalue weighted by molar-refractivity contribution is 6.30. The first kappa shape index (κ1) is 13.9. The minimum atomic E-state index is 0.303. The van der Waals surface area contributed by atoms with Gasteiger partial charge in [0.2, 0.25) is 5.91 Å². The lowest BCUT2D eigenvalue weighted by Gasteiger charge is -2.25. The molecule has 1 saturated heterocycles. The van der Waals surface area contributed by atoms with Gasteiger partial charge in [-0.15, -0.1) is 0 Å². The summed E-state index contributed by atoms with van der Waals surface area (Å²) in [6.07, 6.45) is 3.94. The topological polar surface area (TPSA) is 32.3 Å². The lowest BCUT2D eigenvalue weighted by molar-refractivity contribution is -0.127. The molecule has 0 saturated carbocycles. The molecule has 20 heavy (non-hydrogen) atoms. The molecule has 108 valence electrons. The standard InChI is InChI=1S/C16H21ClN2O/c1-11(10-19-8-2-3-16(19)20)18-15-7-4-12-9-13(17)5-6-14(12)15/h5-6,9,11,15,18H,2-4,7-8,10H2,1H3. The molecule has 1 fully saturated rings. The van der Waals surface area contributed by atoms with Crippen LogP contribution in [0, 0.1) is 0 Å². The third kappa shape index (κ3) is 2.84. The van der Waals surface area contributed by atoms with Crippen molar-refractivity contribution in [2.75, 3.05) is 13.1 Å². The number of rotatable bonds is 4. The molecule has 1 aromatic carbocycles. The summed E-state index contributed by atoms with van der Waals surface area (Å²) in [6, 6.07) is 6.90. The quantitative estimate of drug-likeness (QED) is 0.925. The van der Waals surface area contributed by atoms with Gasteiger partial charge in [0.1, 0.15) is 0 Å². The molecule has 0 radical (unpaired) electrons. The highest BCUT2D eigenvalue weighted by atomic mass is 35.5. The SMILES string of the molecule is CC(CN1CCCC1=O)NC1CCc2cc(Cl)ccc21. The number of carbonyl (C=O) groups is 1. The Kier molecular flexibility index (Phi) is 3.99. The normalized spacial score (nSPS) is 23.2. The van der Waals surface area contributed by atoms with Crippen molar-refractivity contribution < 1.29 is 4.79 Å². The number of hydrogen-bond donors (Lipinski definition) is 1. The first-order chi connectivity index (χ1) is 9.63. The number of fused-ring (bicyclic) bond motifs is 1. The lowest BCUT2D eigenvalue weighted by atomic mass is 10.1. The second-order valence-corrected chi connectivity index (χ2v) is 6.38. The van der Waals surface area contributed by atoms with Crippen molar-refractivity contribution in [3.63, 3.8) is 0 Å². The third-order valence-electron chi connectivity index (χ3n) is 4.33. The predicted molar refractivity (Wildman–Crippen MR) is 80.9 cm³/mol. The fourth-order valence-corrected chi connectivity index (χ4v) is 3.58. The first-order valence-electron chi connectivity index (χ1n) is 7.45. The second kappa shape index (κ2) is 5.74. The van der Waals surface area contributed by atoms with Gasteiger partial charge in [0, 0.05) is 36.6 Å². The summed E-state index contributed by atoms with van der Waals surface area (Å²) in [5, 5.41) is 4.48. The Labute approximate surface area is 125 Å². The van der Waals surface area contributed by atoms with Gasteiger partial charge in [-0.1, -0.05) is 17.7 Å². The minimum absolute atomic E-state index is 0.303. The van der Waals surface area contributed by atoms with Gasteiger partial charge in [0.15, 0.2) is 0 Å². The molecule has 1 heterocycles. The Morgan fingerprint density at radius 2 is 2.30 bits per heavy atom. The highest BCUT2D eigenvalue weighted by Gasteiger charge is 2.26. The largest absolute Gasteiger partial charge is 0.341 e. The maximum Gasteiger partial charge on any atom is 0.222 e. The molecule has 3 rings (SSSR count). The van der Waals surface area contributed by atoms with Crippen molar-refractivity contribution >= 4 is 17.5 Å². The highest BCUT2D eigenvalue weighted by Crippen LogP contribution is 2.33. The average Bonchev–Trinajstić information content (AvgIpc) is 2.97. The van der Waals surface area contributed by atoms with Crippen LogP contribution < -0.4 is 5.32 Å². The van der Waals surface area contributed by atoms with E-state index in [9.17, 15) is 4.79 Å². The zero-order valence-electron chi connectivity index (χ0n) is 11.9. The minimum Gasteiger partial charge on any atom is -0.341 e. The van der Waals surface area contributed by atoms with Crippen LogP contribution in [0.3, 0.4) is 0 Å². The Balaban J connectivity index is 1.60. The van der Waals surface area contributed by atoms with Gasteiger partial charge < -0.3 is 10.2 Å². The van der Waals surface area contributed by atoms with Crippen LogP contribution in [0.2, 0.25) is 5.02 Å². The zero-order valence-corrected chi connectivity index (χ0v) is 12.6. The number of nitrogens with zero attached hydrogens (tertiary/aromatic N) is 1. The number of aryl methyl sites for hydroxylation is 1. The molecular formula is C16H21ClN2O. The molecule has 1 N–H and O–H groups in total. The van der Waals surface area contributed by atoms with Gasteiger partial charge in [0.05, 0.1) is 0 Å². The Morgan fingerprint density at radius 3 is 3.05 bits per heavy atom. The summed E-state index contributed by atoms with van der Waals surface area (Å²) in [7, 11) is 0. The number of amides is 1. The van der Waals surface area contributed by atoms with Crippen LogP contribution in [0.4, 0.5) is 0 Å². The Hall–Kier alpha value is -1.06. The number of carbonyl (C=O) groups excluding carboxylic acids is 1. The first-order valence-corrected chi connectivity index (χ1v) is 7.83. The molecular weight excluding hydrogens is 272 g/mol. The lowest BCUT2D eigenvalue weighted by Crippen LogP contribution is -2.40. The van der Waals surface area contributed by atoms with Gasteiger partial charge >= 0.3 is 0 Å². The molecule has 3 nitrogen and oxygen atoms in total. The number of likely N-dealkylation sites (tertiary alicyclic amines) is 1. The Morgan fingerprint density at radius 1 is 1.45 bits per heavy atom. The van der Waals surface area contributed by atoms with Gasteiger partial charge in [-0.3, -0.25) is 4.79 Å². The summed E-state index contributed by atoms with van der Waals surface area (Å²) in [6.45, 7) is 3.90. The number of nitrogens with one attached hydrogen (secondary N) is 1. The molecule has 0 spiro atoms. The predicted octanol–water partition coefficient (Wildman–Crippen LogP) is 2.93. The third-order valence-corrected chi connectivity index (χ3v) is 4.57. The molecule has 0 aromatic heterocycles. The molecule has 1 aromatic rings. The van der Waals surface area contributed by atoms with E-state index in [0.29, 0.717) is 18.0 Å². The van der Waals surface area contributed by atoms with E-state index in [1.165, 1.54) is 11.1 Å². The summed E-state index contributed by atoms with van der Waals surface area (Å²) in [5.41, 5.74) is 2.73. The molecule has 0 bridgehead atoms. The van der Waals surface area contributed by atoms with E-state index in [4.69, 9.17) is 11.6 Å². The van der Waals surface area contributed by atoms with Gasteiger partial charge in [-0.05, 0) is 49.4 Å². The van der Waals surface area contributed by atoms with Crippen LogP contribution in [0.25, 0.3) is 0 Å². The van der Waals surface area contributed by atoms with Crippen LogP contribution in [-0.4, -0.2) is 29.9 Å². The van der Waals surface area contributed by atoms with Gasteiger partial charge in [-0.2, -0.15) is 0 Å². The van der Waals surface area contributed by atoms with E-state index in [1.54, 1.807) is 0 Å². The van der Waals surface area contributed by atoms with E-state index in [2.05, 4.69) is 24.4 Å². The van der Waals surface area contributed by atoms with Crippen molar-refractivity contribution in [2.45, 2.75) is 44.7 Å². The molecule has 1 amide bonds. The van der Waals surface area contributed by atoms with Crippen molar-refractivity contribution in [2.24, 2.45) is 0 Å². The van der Waals surface area contributed by atoms with Crippen LogP contribution in [0.1, 0.15) is 43.4 Å². The Bertz CT molecular complexity index is 517. The van der Waals surface area contributed by atoms with Crippen molar-refractivity contribution in [3.05, 3.63) is 34.3 Å². The monoisotopic (exact) mass is 292 g/mol. The van der Waals surface area contributed by atoms with Crippen LogP contribution in [0.5, 0.6) is 0 Å². The van der Waals surface area contributed by atoms with E-state index in [1.807, 2.05) is 11.0 Å². The zero-order chi connectivity index (χ0) is 14.1. The molecule has 1 aliphatic carbocycles. The summed E-state index contributed by atoms with van der Waals surface area (Å²) < 4.78 is 0. The van der Waals surface area contributed by atoms with Gasteiger partial charge in [-0.25, -0.2) is 0 Å². The van der Waals surface area contributed by atoms with Gasteiger partial charge in [0.25, 0.3) is 0 Å². The number of halogens is 1. The smallest absolute Gasteiger partial charge is 0.222 e. The molecule has 2 atom stereocenters. The second-order valence-electron chi connectivity index (χ2n) is 5.95. The van der Waals surface area contributed by atoms with E-state index < -0.39 is 0 Å². The van der Waals surface area contributed by atoms with E-state index >= 15 is 0 Å². The van der Waals surface area contributed by atoms with E-state index in [-0.39, 0.29) is 0 Å². The maximum atomic E-state index is 11.7. The molecule has 4 heteroatoms. The van der Waals surface area contributed by atoms with Crippen molar-refractivity contribution in [3.8, 4) is 0 Å². The average molecular weight is 293 g/mol. The number of hydrogen-bond acceptors (Lipinski definition) is 2. The fourth-order valence-electron chi connectivity index (χ4n) is 3.38. The molecule has 2 unspecified atom stereocenters.